The molecule has 2 N–H and O–H groups in total. The lowest BCUT2D eigenvalue weighted by Crippen LogP contribution is -2.25. The number of nitrogens with two attached hydrogens (primary N) is 1. The van der Waals surface area contributed by atoms with Gasteiger partial charge >= 0.3 is 0 Å². The molecule has 1 aromatic rings. The number of aryl methyl sites for hydroxylation is 1. The summed E-state index contributed by atoms with van der Waals surface area (Å²) in [5.74, 6) is 1.78. The van der Waals surface area contributed by atoms with Crippen molar-refractivity contribution in [3.05, 3.63) is 35.4 Å². The lowest BCUT2D eigenvalue weighted by Gasteiger charge is -2.27. The molecule has 2 aliphatic rings. The Hall–Kier alpha value is -0.960. The van der Waals surface area contributed by atoms with Crippen LogP contribution in [-0.4, -0.2) is 17.0 Å². The van der Waals surface area contributed by atoms with Gasteiger partial charge in [0.15, 0.2) is 5.17 Å². The molecule has 0 bridgehead atoms. The van der Waals surface area contributed by atoms with Crippen LogP contribution in [0, 0.1) is 5.92 Å². The van der Waals surface area contributed by atoms with Crippen molar-refractivity contribution in [2.45, 2.75) is 25.3 Å². The predicted molar refractivity (Wildman–Crippen MR) is 69.8 cm³/mol. The fourth-order valence-electron chi connectivity index (χ4n) is 2.70. The standard InChI is InChI=1S/C13H16N2S/c14-13-15-12(8-16-13)11-6-5-9-3-1-2-4-10(9)7-11/h1-4,11-12H,5-8H2,(H2,14,15). The Morgan fingerprint density at radius 2 is 2.06 bits per heavy atom. The summed E-state index contributed by atoms with van der Waals surface area (Å²) >= 11 is 1.71. The number of fused-ring (bicyclic) bond motifs is 1. The van der Waals surface area contributed by atoms with Crippen LogP contribution in [0.2, 0.25) is 0 Å². The highest BCUT2D eigenvalue weighted by atomic mass is 32.2. The molecular weight excluding hydrogens is 216 g/mol. The summed E-state index contributed by atoms with van der Waals surface area (Å²) in [5.41, 5.74) is 8.79. The summed E-state index contributed by atoms with van der Waals surface area (Å²) in [4.78, 5) is 4.54. The molecule has 1 aromatic carbocycles. The summed E-state index contributed by atoms with van der Waals surface area (Å²) in [5, 5.41) is 0.781. The third kappa shape index (κ3) is 1.84. The number of hydrogen-bond acceptors (Lipinski definition) is 3. The van der Waals surface area contributed by atoms with E-state index in [0.29, 0.717) is 12.0 Å². The first-order chi connectivity index (χ1) is 7.83. The maximum Gasteiger partial charge on any atom is 0.154 e. The van der Waals surface area contributed by atoms with Crippen LogP contribution in [-0.2, 0) is 12.8 Å². The molecule has 1 aliphatic heterocycles. The second-order valence-corrected chi connectivity index (χ2v) is 5.66. The van der Waals surface area contributed by atoms with E-state index in [2.05, 4.69) is 29.3 Å². The Bertz CT molecular complexity index is 428. The fraction of sp³-hybridized carbons (Fsp3) is 0.462. The van der Waals surface area contributed by atoms with Gasteiger partial charge in [0.1, 0.15) is 0 Å². The molecular formula is C13H16N2S. The largest absolute Gasteiger partial charge is 0.379 e. The predicted octanol–water partition coefficient (Wildman–Crippen LogP) is 2.22. The molecule has 16 heavy (non-hydrogen) atoms. The number of amidine groups is 1. The van der Waals surface area contributed by atoms with Gasteiger partial charge in [0.2, 0.25) is 0 Å². The van der Waals surface area contributed by atoms with Crippen LogP contribution >= 0.6 is 11.8 Å². The van der Waals surface area contributed by atoms with Crippen molar-refractivity contribution < 1.29 is 0 Å². The molecule has 3 heteroatoms. The fourth-order valence-corrected chi connectivity index (χ4v) is 3.60. The van der Waals surface area contributed by atoms with Gasteiger partial charge in [-0.15, -0.1) is 0 Å². The number of thioether (sulfide) groups is 1. The smallest absolute Gasteiger partial charge is 0.154 e. The summed E-state index contributed by atoms with van der Waals surface area (Å²) in [6.07, 6.45) is 3.65. The van der Waals surface area contributed by atoms with E-state index in [1.165, 1.54) is 30.4 Å². The Balaban J connectivity index is 1.78. The highest BCUT2D eigenvalue weighted by molar-refractivity contribution is 8.14. The van der Waals surface area contributed by atoms with E-state index in [4.69, 9.17) is 5.73 Å². The van der Waals surface area contributed by atoms with E-state index < -0.39 is 0 Å². The molecule has 0 radical (unpaired) electrons. The molecule has 0 aromatic heterocycles. The lowest BCUT2D eigenvalue weighted by atomic mass is 9.80. The molecule has 2 unspecified atom stereocenters. The molecule has 0 saturated heterocycles. The van der Waals surface area contributed by atoms with Gasteiger partial charge in [0.25, 0.3) is 0 Å². The highest BCUT2D eigenvalue weighted by Crippen LogP contribution is 2.32. The van der Waals surface area contributed by atoms with Crippen LogP contribution in [0.25, 0.3) is 0 Å². The van der Waals surface area contributed by atoms with Crippen LogP contribution in [0.1, 0.15) is 17.5 Å². The molecule has 1 aliphatic carbocycles. The van der Waals surface area contributed by atoms with Crippen molar-refractivity contribution in [1.82, 2.24) is 0 Å². The highest BCUT2D eigenvalue weighted by Gasteiger charge is 2.28. The number of hydrogen-bond donors (Lipinski definition) is 1. The number of aliphatic imine (C=N–C) groups is 1. The van der Waals surface area contributed by atoms with E-state index in [1.807, 2.05) is 0 Å². The normalized spacial score (nSPS) is 28.6. The Kier molecular flexibility index (Phi) is 2.64. The third-order valence-electron chi connectivity index (χ3n) is 3.62. The van der Waals surface area contributed by atoms with Crippen molar-refractivity contribution in [3.63, 3.8) is 0 Å². The quantitative estimate of drug-likeness (QED) is 0.806. The average molecular weight is 232 g/mol. The van der Waals surface area contributed by atoms with Gasteiger partial charge in [0.05, 0.1) is 6.04 Å². The molecule has 84 valence electrons. The molecule has 0 amide bonds. The zero-order chi connectivity index (χ0) is 11.0. The van der Waals surface area contributed by atoms with Gasteiger partial charge in [-0.1, -0.05) is 36.0 Å². The van der Waals surface area contributed by atoms with Crippen LogP contribution in [0.4, 0.5) is 0 Å². The Labute approximate surface area is 100 Å². The molecule has 2 nitrogen and oxygen atoms in total. The SMILES string of the molecule is NC1=NC(C2CCc3ccccc3C2)CS1. The van der Waals surface area contributed by atoms with E-state index in [-0.39, 0.29) is 0 Å². The number of rotatable bonds is 1. The maximum absolute atomic E-state index is 5.74. The first-order valence-corrected chi connectivity index (χ1v) is 6.84. The van der Waals surface area contributed by atoms with Gasteiger partial charge in [-0.25, -0.2) is 0 Å². The van der Waals surface area contributed by atoms with Crippen LogP contribution < -0.4 is 5.73 Å². The van der Waals surface area contributed by atoms with Gasteiger partial charge in [-0.05, 0) is 36.3 Å². The van der Waals surface area contributed by atoms with Crippen molar-refractivity contribution in [3.8, 4) is 0 Å². The average Bonchev–Trinajstić information content (AvgIpc) is 2.75. The number of benzene rings is 1. The molecule has 2 atom stereocenters. The molecule has 0 fully saturated rings. The zero-order valence-electron chi connectivity index (χ0n) is 9.23. The van der Waals surface area contributed by atoms with E-state index in [0.717, 1.165) is 10.9 Å². The Morgan fingerprint density at radius 3 is 2.81 bits per heavy atom. The minimum absolute atomic E-state index is 0.457. The third-order valence-corrected chi connectivity index (χ3v) is 4.53. The second kappa shape index (κ2) is 4.13. The van der Waals surface area contributed by atoms with Crippen molar-refractivity contribution in [2.75, 3.05) is 5.75 Å². The minimum Gasteiger partial charge on any atom is -0.379 e. The topological polar surface area (TPSA) is 38.4 Å². The van der Waals surface area contributed by atoms with Crippen LogP contribution in [0.3, 0.4) is 0 Å². The lowest BCUT2D eigenvalue weighted by molar-refractivity contribution is 0.401. The van der Waals surface area contributed by atoms with Gasteiger partial charge in [-0.2, -0.15) is 0 Å². The first kappa shape index (κ1) is 10.2. The van der Waals surface area contributed by atoms with Crippen LogP contribution in [0.15, 0.2) is 29.3 Å². The summed E-state index contributed by atoms with van der Waals surface area (Å²) in [6, 6.07) is 9.25. The monoisotopic (exact) mass is 232 g/mol. The molecule has 0 spiro atoms. The van der Waals surface area contributed by atoms with E-state index >= 15 is 0 Å². The van der Waals surface area contributed by atoms with Gasteiger partial charge in [-0.3, -0.25) is 4.99 Å². The summed E-state index contributed by atoms with van der Waals surface area (Å²) < 4.78 is 0. The summed E-state index contributed by atoms with van der Waals surface area (Å²) in [6.45, 7) is 0. The minimum atomic E-state index is 0.457. The molecule has 1 heterocycles. The van der Waals surface area contributed by atoms with Gasteiger partial charge in [0, 0.05) is 5.75 Å². The van der Waals surface area contributed by atoms with E-state index in [9.17, 15) is 0 Å². The maximum atomic E-state index is 5.74. The van der Waals surface area contributed by atoms with Gasteiger partial charge < -0.3 is 5.73 Å². The van der Waals surface area contributed by atoms with Crippen LogP contribution in [0.5, 0.6) is 0 Å². The molecule has 0 saturated carbocycles. The molecule has 3 rings (SSSR count). The second-order valence-electron chi connectivity index (χ2n) is 4.62. The summed E-state index contributed by atoms with van der Waals surface area (Å²) in [7, 11) is 0. The zero-order valence-corrected chi connectivity index (χ0v) is 10.0. The van der Waals surface area contributed by atoms with Crippen molar-refractivity contribution in [2.24, 2.45) is 16.6 Å². The van der Waals surface area contributed by atoms with Crippen molar-refractivity contribution >= 4 is 16.9 Å². The first-order valence-electron chi connectivity index (χ1n) is 5.86. The van der Waals surface area contributed by atoms with Crippen molar-refractivity contribution in [1.29, 1.82) is 0 Å². The number of nitrogens with zero attached hydrogens (tertiary/aromatic N) is 1. The Morgan fingerprint density at radius 1 is 1.25 bits per heavy atom. The van der Waals surface area contributed by atoms with E-state index in [1.54, 1.807) is 11.8 Å².